The number of hydrogen-bond acceptors (Lipinski definition) is 3. The van der Waals surface area contributed by atoms with Gasteiger partial charge in [0.15, 0.2) is 0 Å². The van der Waals surface area contributed by atoms with Crippen LogP contribution in [0.4, 0.5) is 4.39 Å². The van der Waals surface area contributed by atoms with E-state index in [9.17, 15) is 14.0 Å². The SMILES string of the molecule is CCNC(=O)CN1CCN(C(=O)/C=C(/C)c2ccc(F)cc2)CC1. The number of hydrogen-bond donors (Lipinski definition) is 1. The first kappa shape index (κ1) is 18.1. The fraction of sp³-hybridized carbons (Fsp3) is 0.444. The molecular formula is C18H24FN3O2. The molecular weight excluding hydrogens is 309 g/mol. The number of benzene rings is 1. The number of halogens is 1. The predicted molar refractivity (Wildman–Crippen MR) is 91.8 cm³/mol. The summed E-state index contributed by atoms with van der Waals surface area (Å²) in [6.07, 6.45) is 1.59. The molecule has 0 radical (unpaired) electrons. The Balaban J connectivity index is 1.87. The van der Waals surface area contributed by atoms with Crippen LogP contribution in [0, 0.1) is 5.82 Å². The lowest BCUT2D eigenvalue weighted by Crippen LogP contribution is -2.50. The third-order valence-corrected chi connectivity index (χ3v) is 4.06. The Morgan fingerprint density at radius 3 is 2.38 bits per heavy atom. The van der Waals surface area contributed by atoms with Crippen LogP contribution in [0.15, 0.2) is 30.3 Å². The van der Waals surface area contributed by atoms with Gasteiger partial charge in [-0.15, -0.1) is 0 Å². The zero-order valence-electron chi connectivity index (χ0n) is 14.2. The lowest BCUT2D eigenvalue weighted by molar-refractivity contribution is -0.128. The highest BCUT2D eigenvalue weighted by molar-refractivity contribution is 5.95. The Labute approximate surface area is 142 Å². The average molecular weight is 333 g/mol. The minimum absolute atomic E-state index is 0.0179. The minimum Gasteiger partial charge on any atom is -0.355 e. The van der Waals surface area contributed by atoms with Gasteiger partial charge < -0.3 is 10.2 Å². The van der Waals surface area contributed by atoms with Crippen LogP contribution in [-0.2, 0) is 9.59 Å². The number of piperazine rings is 1. The van der Waals surface area contributed by atoms with E-state index >= 15 is 0 Å². The Bertz CT molecular complexity index is 605. The highest BCUT2D eigenvalue weighted by atomic mass is 19.1. The number of nitrogens with one attached hydrogen (secondary N) is 1. The van der Waals surface area contributed by atoms with Crippen molar-refractivity contribution in [3.8, 4) is 0 Å². The van der Waals surface area contributed by atoms with Crippen LogP contribution in [0.5, 0.6) is 0 Å². The molecule has 0 spiro atoms. The van der Waals surface area contributed by atoms with Crippen LogP contribution in [0.1, 0.15) is 19.4 Å². The van der Waals surface area contributed by atoms with Gasteiger partial charge in [0.05, 0.1) is 6.54 Å². The summed E-state index contributed by atoms with van der Waals surface area (Å²) in [5, 5.41) is 2.78. The monoisotopic (exact) mass is 333 g/mol. The van der Waals surface area contributed by atoms with Gasteiger partial charge in [-0.25, -0.2) is 4.39 Å². The standard InChI is InChI=1S/C18H24FN3O2/c1-3-20-17(23)13-21-8-10-22(11-9-21)18(24)12-14(2)15-4-6-16(19)7-5-15/h4-7,12H,3,8-11,13H2,1-2H3,(H,20,23)/b14-12-. The van der Waals surface area contributed by atoms with Crippen molar-refractivity contribution in [1.29, 1.82) is 0 Å². The zero-order valence-corrected chi connectivity index (χ0v) is 14.2. The average Bonchev–Trinajstić information content (AvgIpc) is 2.56. The van der Waals surface area contributed by atoms with Crippen molar-refractivity contribution in [1.82, 2.24) is 15.1 Å². The van der Waals surface area contributed by atoms with Gasteiger partial charge in [0.2, 0.25) is 11.8 Å². The van der Waals surface area contributed by atoms with Gasteiger partial charge in [-0.05, 0) is 37.1 Å². The van der Waals surface area contributed by atoms with E-state index in [1.165, 1.54) is 12.1 Å². The van der Waals surface area contributed by atoms with Crippen LogP contribution in [0.25, 0.3) is 5.57 Å². The zero-order chi connectivity index (χ0) is 17.5. The van der Waals surface area contributed by atoms with Crippen molar-refractivity contribution in [3.63, 3.8) is 0 Å². The Hall–Kier alpha value is -2.21. The number of rotatable bonds is 5. The molecule has 2 rings (SSSR count). The first-order valence-electron chi connectivity index (χ1n) is 8.21. The number of carbonyl (C=O) groups excluding carboxylic acids is 2. The molecule has 1 aromatic carbocycles. The molecule has 1 aliphatic heterocycles. The quantitative estimate of drug-likeness (QED) is 0.831. The molecule has 1 heterocycles. The summed E-state index contributed by atoms with van der Waals surface area (Å²) in [6.45, 7) is 7.32. The Morgan fingerprint density at radius 1 is 1.17 bits per heavy atom. The molecule has 1 aliphatic rings. The third-order valence-electron chi connectivity index (χ3n) is 4.06. The normalized spacial score (nSPS) is 16.1. The number of amides is 2. The molecule has 2 amide bonds. The molecule has 0 saturated carbocycles. The Kier molecular flexibility index (Phi) is 6.49. The second-order valence-electron chi connectivity index (χ2n) is 5.89. The Morgan fingerprint density at radius 2 is 1.79 bits per heavy atom. The van der Waals surface area contributed by atoms with Crippen LogP contribution < -0.4 is 5.32 Å². The summed E-state index contributed by atoms with van der Waals surface area (Å²) in [5.74, 6) is -0.320. The molecule has 0 unspecified atom stereocenters. The van der Waals surface area contributed by atoms with Crippen LogP contribution in [0.3, 0.4) is 0 Å². The molecule has 1 N–H and O–H groups in total. The smallest absolute Gasteiger partial charge is 0.246 e. The highest BCUT2D eigenvalue weighted by Gasteiger charge is 2.21. The van der Waals surface area contributed by atoms with Crippen LogP contribution in [-0.4, -0.2) is 60.9 Å². The highest BCUT2D eigenvalue weighted by Crippen LogP contribution is 2.15. The van der Waals surface area contributed by atoms with Gasteiger partial charge >= 0.3 is 0 Å². The topological polar surface area (TPSA) is 52.7 Å². The fourth-order valence-corrected chi connectivity index (χ4v) is 2.66. The second-order valence-corrected chi connectivity index (χ2v) is 5.89. The van der Waals surface area contributed by atoms with Gasteiger partial charge in [0, 0.05) is 38.8 Å². The second kappa shape index (κ2) is 8.59. The summed E-state index contributed by atoms with van der Waals surface area (Å²) >= 11 is 0. The van der Waals surface area contributed by atoms with Crippen molar-refractivity contribution >= 4 is 17.4 Å². The molecule has 6 heteroatoms. The van der Waals surface area contributed by atoms with Gasteiger partial charge in [0.1, 0.15) is 5.82 Å². The van der Waals surface area contributed by atoms with E-state index in [-0.39, 0.29) is 17.6 Å². The van der Waals surface area contributed by atoms with E-state index in [4.69, 9.17) is 0 Å². The lowest BCUT2D eigenvalue weighted by Gasteiger charge is -2.33. The van der Waals surface area contributed by atoms with Crippen molar-refractivity contribution < 1.29 is 14.0 Å². The van der Waals surface area contributed by atoms with Crippen molar-refractivity contribution in [3.05, 3.63) is 41.7 Å². The van der Waals surface area contributed by atoms with E-state index in [0.717, 1.165) is 11.1 Å². The molecule has 0 aliphatic carbocycles. The molecule has 130 valence electrons. The van der Waals surface area contributed by atoms with Crippen molar-refractivity contribution in [2.45, 2.75) is 13.8 Å². The molecule has 0 atom stereocenters. The molecule has 0 bridgehead atoms. The molecule has 0 aromatic heterocycles. The molecule has 1 aromatic rings. The lowest BCUT2D eigenvalue weighted by atomic mass is 10.1. The number of allylic oxidation sites excluding steroid dienone is 1. The summed E-state index contributed by atoms with van der Waals surface area (Å²) in [7, 11) is 0. The maximum absolute atomic E-state index is 13.0. The third kappa shape index (κ3) is 5.16. The number of nitrogens with zero attached hydrogens (tertiary/aromatic N) is 2. The van der Waals surface area contributed by atoms with E-state index in [0.29, 0.717) is 39.3 Å². The maximum Gasteiger partial charge on any atom is 0.246 e. The molecule has 1 fully saturated rings. The first-order valence-corrected chi connectivity index (χ1v) is 8.21. The molecule has 5 nitrogen and oxygen atoms in total. The van der Waals surface area contributed by atoms with E-state index in [1.54, 1.807) is 23.1 Å². The molecule has 1 saturated heterocycles. The summed E-state index contributed by atoms with van der Waals surface area (Å²) in [5.41, 5.74) is 1.64. The summed E-state index contributed by atoms with van der Waals surface area (Å²) < 4.78 is 13.0. The number of likely N-dealkylation sites (N-methyl/N-ethyl adjacent to an activating group) is 1. The first-order chi connectivity index (χ1) is 11.5. The van der Waals surface area contributed by atoms with Gasteiger partial charge in [-0.1, -0.05) is 12.1 Å². The maximum atomic E-state index is 13.0. The van der Waals surface area contributed by atoms with Crippen molar-refractivity contribution in [2.24, 2.45) is 0 Å². The van der Waals surface area contributed by atoms with Crippen molar-refractivity contribution in [2.75, 3.05) is 39.3 Å². The van der Waals surface area contributed by atoms with Gasteiger partial charge in [-0.2, -0.15) is 0 Å². The van der Waals surface area contributed by atoms with E-state index < -0.39 is 0 Å². The fourth-order valence-electron chi connectivity index (χ4n) is 2.66. The van der Waals surface area contributed by atoms with Gasteiger partial charge in [-0.3, -0.25) is 14.5 Å². The minimum atomic E-state index is -0.291. The van der Waals surface area contributed by atoms with E-state index in [2.05, 4.69) is 5.32 Å². The van der Waals surface area contributed by atoms with Crippen LogP contribution >= 0.6 is 0 Å². The number of carbonyl (C=O) groups is 2. The molecule has 24 heavy (non-hydrogen) atoms. The van der Waals surface area contributed by atoms with Crippen LogP contribution in [0.2, 0.25) is 0 Å². The van der Waals surface area contributed by atoms with Gasteiger partial charge in [0.25, 0.3) is 0 Å². The summed E-state index contributed by atoms with van der Waals surface area (Å²) in [4.78, 5) is 27.8. The van der Waals surface area contributed by atoms with E-state index in [1.807, 2.05) is 18.7 Å². The predicted octanol–water partition coefficient (Wildman–Crippen LogP) is 1.51. The summed E-state index contributed by atoms with van der Waals surface area (Å²) in [6, 6.07) is 6.10. The largest absolute Gasteiger partial charge is 0.355 e.